The largest absolute Gasteiger partial charge is 0.490 e. The highest BCUT2D eigenvalue weighted by molar-refractivity contribution is 6.33. The molecular weight excluding hydrogens is 286 g/mol. The minimum atomic E-state index is 0.216. The zero-order valence-corrected chi connectivity index (χ0v) is 13.4. The molecule has 4 rings (SSSR count). The first-order valence-corrected chi connectivity index (χ1v) is 8.44. The van der Waals surface area contributed by atoms with E-state index in [1.165, 1.54) is 24.0 Å². The van der Waals surface area contributed by atoms with Gasteiger partial charge in [0.1, 0.15) is 23.7 Å². The van der Waals surface area contributed by atoms with Crippen molar-refractivity contribution in [1.29, 1.82) is 0 Å². The first-order valence-electron chi connectivity index (χ1n) is 8.06. The third-order valence-corrected chi connectivity index (χ3v) is 5.31. The van der Waals surface area contributed by atoms with Crippen LogP contribution >= 0.6 is 11.6 Å². The zero-order valence-electron chi connectivity index (χ0n) is 12.7. The van der Waals surface area contributed by atoms with Gasteiger partial charge in [-0.1, -0.05) is 11.6 Å². The highest BCUT2D eigenvalue weighted by Crippen LogP contribution is 2.52. The van der Waals surface area contributed by atoms with Gasteiger partial charge in [0, 0.05) is 42.0 Å². The average molecular weight is 308 g/mol. The van der Waals surface area contributed by atoms with Crippen molar-refractivity contribution in [3.8, 4) is 11.5 Å². The minimum absolute atomic E-state index is 0.216. The van der Waals surface area contributed by atoms with Gasteiger partial charge < -0.3 is 14.8 Å². The summed E-state index contributed by atoms with van der Waals surface area (Å²) in [7, 11) is 0. The van der Waals surface area contributed by atoms with Crippen molar-refractivity contribution in [2.75, 3.05) is 13.1 Å². The van der Waals surface area contributed by atoms with Crippen molar-refractivity contribution in [2.24, 2.45) is 0 Å². The lowest BCUT2D eigenvalue weighted by molar-refractivity contribution is 0.249. The zero-order chi connectivity index (χ0) is 14.6. The van der Waals surface area contributed by atoms with E-state index in [1.54, 1.807) is 0 Å². The second-order valence-corrected chi connectivity index (χ2v) is 7.03. The Balaban J connectivity index is 1.88. The summed E-state index contributed by atoms with van der Waals surface area (Å²) in [4.78, 5) is 0. The van der Waals surface area contributed by atoms with Gasteiger partial charge in [0.25, 0.3) is 0 Å². The number of fused-ring (bicyclic) bond motifs is 2. The van der Waals surface area contributed by atoms with Gasteiger partial charge >= 0.3 is 0 Å². The summed E-state index contributed by atoms with van der Waals surface area (Å²) in [6.07, 6.45) is 4.72. The Bertz CT molecular complexity index is 542. The second kappa shape index (κ2) is 5.06. The van der Waals surface area contributed by atoms with Crippen LogP contribution in [-0.2, 0) is 12.8 Å². The second-order valence-electron chi connectivity index (χ2n) is 6.65. The van der Waals surface area contributed by atoms with Gasteiger partial charge in [-0.15, -0.1) is 0 Å². The molecule has 114 valence electrons. The predicted molar refractivity (Wildman–Crippen MR) is 83.9 cm³/mol. The van der Waals surface area contributed by atoms with Crippen molar-refractivity contribution in [3.63, 3.8) is 0 Å². The molecule has 0 aliphatic carbocycles. The van der Waals surface area contributed by atoms with Gasteiger partial charge in [-0.2, -0.15) is 0 Å². The van der Waals surface area contributed by atoms with E-state index < -0.39 is 0 Å². The summed E-state index contributed by atoms with van der Waals surface area (Å²) >= 11 is 6.62. The molecule has 0 radical (unpaired) electrons. The van der Waals surface area contributed by atoms with E-state index in [1.807, 2.05) is 0 Å². The van der Waals surface area contributed by atoms with Crippen molar-refractivity contribution < 1.29 is 9.47 Å². The maximum atomic E-state index is 6.62. The lowest BCUT2D eigenvalue weighted by Gasteiger charge is -2.27. The molecule has 21 heavy (non-hydrogen) atoms. The lowest BCUT2D eigenvalue weighted by atomic mass is 9.85. The standard InChI is InChI=1S/C17H22ClNO2/c1-9-6-12-14(11-4-3-5-19-8-11)16-13(7-10(2)20-16)15(18)17(12)21-9/h9-11,19H,3-8H2,1-2H3. The number of nitrogens with one attached hydrogen (secondary N) is 1. The Morgan fingerprint density at radius 3 is 2.48 bits per heavy atom. The molecule has 1 fully saturated rings. The fourth-order valence-electron chi connectivity index (χ4n) is 4.02. The molecule has 1 saturated heterocycles. The van der Waals surface area contributed by atoms with Crippen LogP contribution in [0.15, 0.2) is 0 Å². The maximum absolute atomic E-state index is 6.62. The molecule has 3 aliphatic rings. The van der Waals surface area contributed by atoms with Crippen molar-refractivity contribution >= 4 is 11.6 Å². The van der Waals surface area contributed by atoms with E-state index in [0.717, 1.165) is 48.0 Å². The molecule has 0 bridgehead atoms. The quantitative estimate of drug-likeness (QED) is 0.862. The smallest absolute Gasteiger partial charge is 0.142 e. The molecule has 3 heterocycles. The summed E-state index contributed by atoms with van der Waals surface area (Å²) < 4.78 is 12.2. The Morgan fingerprint density at radius 1 is 1.05 bits per heavy atom. The third kappa shape index (κ3) is 2.13. The van der Waals surface area contributed by atoms with Gasteiger partial charge in [-0.3, -0.25) is 0 Å². The normalized spacial score (nSPS) is 30.5. The molecule has 3 nitrogen and oxygen atoms in total. The van der Waals surface area contributed by atoms with E-state index in [4.69, 9.17) is 21.1 Å². The van der Waals surface area contributed by atoms with Crippen molar-refractivity contribution in [3.05, 3.63) is 21.7 Å². The first kappa shape index (κ1) is 13.7. The van der Waals surface area contributed by atoms with Crippen molar-refractivity contribution in [1.82, 2.24) is 5.32 Å². The summed E-state index contributed by atoms with van der Waals surface area (Å²) in [5.41, 5.74) is 3.84. The molecule has 3 atom stereocenters. The van der Waals surface area contributed by atoms with Crippen LogP contribution in [0.3, 0.4) is 0 Å². The predicted octanol–water partition coefficient (Wildman–Crippen LogP) is 3.45. The minimum Gasteiger partial charge on any atom is -0.490 e. The van der Waals surface area contributed by atoms with E-state index >= 15 is 0 Å². The van der Waals surface area contributed by atoms with E-state index in [0.29, 0.717) is 5.92 Å². The van der Waals surface area contributed by atoms with Gasteiger partial charge in [0.05, 0.1) is 5.02 Å². The van der Waals surface area contributed by atoms with Crippen LogP contribution in [0.25, 0.3) is 0 Å². The number of hydrogen-bond donors (Lipinski definition) is 1. The maximum Gasteiger partial charge on any atom is 0.142 e. The Kier molecular flexibility index (Phi) is 3.31. The number of ether oxygens (including phenoxy) is 2. The number of hydrogen-bond acceptors (Lipinski definition) is 3. The van der Waals surface area contributed by atoms with Crippen LogP contribution in [-0.4, -0.2) is 25.3 Å². The SMILES string of the molecule is CC1Cc2c(c(Cl)c3c(c2C2CCCNC2)OC(C)C3)O1. The third-order valence-electron chi connectivity index (χ3n) is 4.91. The fourth-order valence-corrected chi connectivity index (χ4v) is 4.35. The van der Waals surface area contributed by atoms with E-state index in [9.17, 15) is 0 Å². The van der Waals surface area contributed by atoms with Gasteiger partial charge in [-0.05, 0) is 33.2 Å². The van der Waals surface area contributed by atoms with Crippen LogP contribution in [0.2, 0.25) is 5.02 Å². The number of rotatable bonds is 1. The van der Waals surface area contributed by atoms with Crippen LogP contribution in [0, 0.1) is 0 Å². The number of piperidine rings is 1. The highest BCUT2D eigenvalue weighted by atomic mass is 35.5. The van der Waals surface area contributed by atoms with Gasteiger partial charge in [0.15, 0.2) is 0 Å². The summed E-state index contributed by atoms with van der Waals surface area (Å²) in [5, 5.41) is 4.32. The first-order chi connectivity index (χ1) is 10.1. The molecule has 1 N–H and O–H groups in total. The van der Waals surface area contributed by atoms with Gasteiger partial charge in [-0.25, -0.2) is 0 Å². The topological polar surface area (TPSA) is 30.5 Å². The number of benzene rings is 1. The summed E-state index contributed by atoms with van der Waals surface area (Å²) in [6.45, 7) is 6.40. The molecular formula is C17H22ClNO2. The fraction of sp³-hybridized carbons (Fsp3) is 0.647. The highest BCUT2D eigenvalue weighted by Gasteiger charge is 2.37. The molecule has 0 saturated carbocycles. The van der Waals surface area contributed by atoms with Crippen molar-refractivity contribution in [2.45, 2.75) is 57.7 Å². The molecule has 1 aromatic rings. The molecule has 3 aliphatic heterocycles. The lowest BCUT2D eigenvalue weighted by Crippen LogP contribution is -2.29. The Morgan fingerprint density at radius 2 is 1.76 bits per heavy atom. The molecule has 0 spiro atoms. The molecule has 3 unspecified atom stereocenters. The van der Waals surface area contributed by atoms with Crippen LogP contribution in [0.1, 0.15) is 49.3 Å². The van der Waals surface area contributed by atoms with Crippen LogP contribution in [0.4, 0.5) is 0 Å². The van der Waals surface area contributed by atoms with E-state index in [2.05, 4.69) is 19.2 Å². The van der Waals surface area contributed by atoms with Crippen LogP contribution in [0.5, 0.6) is 11.5 Å². The van der Waals surface area contributed by atoms with Crippen LogP contribution < -0.4 is 14.8 Å². The van der Waals surface area contributed by atoms with E-state index in [-0.39, 0.29) is 12.2 Å². The molecule has 0 amide bonds. The average Bonchev–Trinajstić information content (AvgIpc) is 3.03. The summed E-state index contributed by atoms with van der Waals surface area (Å²) in [5.74, 6) is 2.52. The monoisotopic (exact) mass is 307 g/mol. The number of halogens is 1. The molecule has 4 heteroatoms. The van der Waals surface area contributed by atoms with Gasteiger partial charge in [0.2, 0.25) is 0 Å². The molecule has 1 aromatic carbocycles. The Hall–Kier alpha value is -0.930. The Labute approximate surface area is 131 Å². The molecule has 0 aromatic heterocycles. The summed E-state index contributed by atoms with van der Waals surface area (Å²) in [6, 6.07) is 0.